The Morgan fingerprint density at radius 3 is 2.50 bits per heavy atom. The number of alkyl halides is 2. The van der Waals surface area contributed by atoms with Crippen molar-refractivity contribution in [3.63, 3.8) is 0 Å². The number of halogens is 3. The van der Waals surface area contributed by atoms with Gasteiger partial charge in [0.05, 0.1) is 35.8 Å². The maximum absolute atomic E-state index is 12.0. The van der Waals surface area contributed by atoms with Crippen LogP contribution in [0, 0.1) is 0 Å². The van der Waals surface area contributed by atoms with Crippen LogP contribution in [0.4, 0.5) is 13.6 Å². The number of carbonyl (C=O) groups excluding carboxylic acids is 1. The molecule has 0 rings (SSSR count). The summed E-state index contributed by atoms with van der Waals surface area (Å²) in [5.41, 5.74) is 0. The largest absolute Gasteiger partial charge is 0.458 e. The highest BCUT2D eigenvalue weighted by Gasteiger charge is 2.20. The summed E-state index contributed by atoms with van der Waals surface area (Å²) in [7, 11) is 0. The molecule has 0 aromatic heterocycles. The second-order valence-corrected chi connectivity index (χ2v) is 2.98. The molecule has 72 valence electrons. The Balaban J connectivity index is 3.17. The molecular weight excluding hydrogens is 285 g/mol. The van der Waals surface area contributed by atoms with Gasteiger partial charge in [-0.1, -0.05) is 0 Å². The molecule has 0 bridgehead atoms. The van der Waals surface area contributed by atoms with Gasteiger partial charge in [-0.3, -0.25) is 0 Å². The van der Waals surface area contributed by atoms with Crippen LogP contribution in [-0.4, -0.2) is 23.3 Å². The Morgan fingerprint density at radius 1 is 1.50 bits per heavy atom. The van der Waals surface area contributed by atoms with E-state index in [2.05, 4.69) is 9.47 Å². The van der Waals surface area contributed by atoms with E-state index in [0.717, 1.165) is 0 Å². The molecule has 0 aromatic rings. The Labute approximate surface area is 82.5 Å². The Morgan fingerprint density at radius 2 is 2.08 bits per heavy atom. The molecular formula is C6H9F2IO3. The van der Waals surface area contributed by atoms with Crippen LogP contribution in [0.2, 0.25) is 0 Å². The lowest BCUT2D eigenvalue weighted by Gasteiger charge is -2.10. The van der Waals surface area contributed by atoms with E-state index in [-0.39, 0.29) is 19.6 Å². The molecule has 0 amide bonds. The smallest absolute Gasteiger partial charge is 0.367 e. The molecule has 0 saturated heterocycles. The third-order valence-corrected chi connectivity index (χ3v) is 1.17. The van der Waals surface area contributed by atoms with Crippen LogP contribution in [0.5, 0.6) is 0 Å². The highest BCUT2D eigenvalue weighted by molar-refractivity contribution is 14.1. The lowest BCUT2D eigenvalue weighted by molar-refractivity contribution is -0.224. The fraction of sp³-hybridized carbons (Fsp3) is 0.833. The van der Waals surface area contributed by atoms with Crippen LogP contribution in [0.15, 0.2) is 0 Å². The molecule has 0 aliphatic rings. The van der Waals surface area contributed by atoms with E-state index in [9.17, 15) is 13.6 Å². The van der Waals surface area contributed by atoms with Crippen molar-refractivity contribution in [1.29, 1.82) is 0 Å². The van der Waals surface area contributed by atoms with E-state index >= 15 is 0 Å². The van der Waals surface area contributed by atoms with Gasteiger partial charge in [-0.05, 0) is 0 Å². The van der Waals surface area contributed by atoms with Gasteiger partial charge in [0.2, 0.25) is 0 Å². The van der Waals surface area contributed by atoms with Gasteiger partial charge in [0, 0.05) is 13.3 Å². The molecule has 0 atom stereocenters. The van der Waals surface area contributed by atoms with E-state index in [1.165, 1.54) is 22.6 Å². The highest BCUT2D eigenvalue weighted by atomic mass is 127. The number of carbonyl (C=O) groups is 1. The van der Waals surface area contributed by atoms with Gasteiger partial charge in [0.15, 0.2) is 0 Å². The molecule has 3 nitrogen and oxygen atoms in total. The molecule has 0 heterocycles. The summed E-state index contributed by atoms with van der Waals surface area (Å²) in [5.74, 6) is 0. The van der Waals surface area contributed by atoms with Crippen molar-refractivity contribution >= 4 is 26.6 Å². The van der Waals surface area contributed by atoms with Gasteiger partial charge in [-0.15, -0.1) is 0 Å². The summed E-state index contributed by atoms with van der Waals surface area (Å²) in [4.78, 5) is 10.2. The predicted octanol–water partition coefficient (Wildman–Crippen LogP) is 2.58. The molecule has 0 spiro atoms. The first-order valence-corrected chi connectivity index (χ1v) is 4.34. The summed E-state index contributed by atoms with van der Waals surface area (Å²) >= 11 is 1.46. The third-order valence-electron chi connectivity index (χ3n) is 0.860. The predicted molar refractivity (Wildman–Crippen MR) is 46.6 cm³/mol. The van der Waals surface area contributed by atoms with E-state index in [0.29, 0.717) is 6.92 Å². The van der Waals surface area contributed by atoms with Gasteiger partial charge in [0.25, 0.3) is 0 Å². The molecule has 0 fully saturated rings. The Kier molecular flexibility index (Phi) is 5.64. The van der Waals surface area contributed by atoms with Crippen LogP contribution >= 0.6 is 22.6 Å². The first-order valence-electron chi connectivity index (χ1n) is 3.26. The monoisotopic (exact) mass is 294 g/mol. The molecule has 0 aliphatic heterocycles. The number of rotatable bonds is 5. The molecule has 0 N–H and O–H groups in total. The van der Waals surface area contributed by atoms with E-state index < -0.39 is 10.1 Å². The molecule has 0 radical (unpaired) electrons. The second kappa shape index (κ2) is 5.63. The van der Waals surface area contributed by atoms with Crippen LogP contribution in [0.1, 0.15) is 13.3 Å². The summed E-state index contributed by atoms with van der Waals surface area (Å²) < 4.78 is 32.1. The van der Waals surface area contributed by atoms with E-state index in [4.69, 9.17) is 0 Å². The van der Waals surface area contributed by atoms with Gasteiger partial charge in [-0.2, -0.15) is 8.78 Å². The molecule has 0 saturated carbocycles. The quantitative estimate of drug-likeness (QED) is 0.444. The average Bonchev–Trinajstić information content (AvgIpc) is 1.83. The Bertz CT molecular complexity index is 146. The topological polar surface area (TPSA) is 35.5 Å². The summed E-state index contributed by atoms with van der Waals surface area (Å²) in [5, 5.41) is 0. The maximum atomic E-state index is 12.0. The first-order chi connectivity index (χ1) is 5.42. The summed E-state index contributed by atoms with van der Waals surface area (Å²) in [6.45, 7) is 0.655. The van der Waals surface area contributed by atoms with Gasteiger partial charge >= 0.3 is 10.1 Å². The van der Waals surface area contributed by atoms with Crippen LogP contribution in [0.25, 0.3) is 0 Å². The fourth-order valence-electron chi connectivity index (χ4n) is 0.463. The number of ether oxygens (including phenoxy) is 2. The van der Waals surface area contributed by atoms with Crippen molar-refractivity contribution < 1.29 is 23.0 Å². The average molecular weight is 294 g/mol. The van der Waals surface area contributed by atoms with Crippen molar-refractivity contribution in [2.75, 3.05) is 13.2 Å². The molecule has 6 heteroatoms. The zero-order valence-electron chi connectivity index (χ0n) is 6.48. The summed E-state index contributed by atoms with van der Waals surface area (Å²) in [6.07, 6.45) is -2.83. The van der Waals surface area contributed by atoms with Crippen molar-refractivity contribution in [3.05, 3.63) is 0 Å². The minimum Gasteiger partial charge on any atom is -0.458 e. The van der Waals surface area contributed by atoms with E-state index in [1.54, 1.807) is 0 Å². The zero-order chi connectivity index (χ0) is 9.61. The van der Waals surface area contributed by atoms with Gasteiger partial charge in [-0.25, -0.2) is 4.79 Å². The first kappa shape index (κ1) is 12.0. The van der Waals surface area contributed by atoms with Crippen molar-refractivity contribution in [2.24, 2.45) is 0 Å². The lowest BCUT2D eigenvalue weighted by atomic mass is 10.5. The van der Waals surface area contributed by atoms with Gasteiger partial charge < -0.3 is 9.47 Å². The Hall–Kier alpha value is 0.0200. The standard InChI is InChI=1S/C6H9F2IO3/c1-6(7,8)12-4-2-3-11-5(9)10/h2-4H2,1H3. The zero-order valence-corrected chi connectivity index (χ0v) is 8.64. The number of hydrogen-bond acceptors (Lipinski definition) is 3. The summed E-state index contributed by atoms with van der Waals surface area (Å²) in [6, 6.07) is 0. The molecule has 0 unspecified atom stereocenters. The van der Waals surface area contributed by atoms with E-state index in [1.807, 2.05) is 0 Å². The van der Waals surface area contributed by atoms with Crippen molar-refractivity contribution in [2.45, 2.75) is 19.5 Å². The third kappa shape index (κ3) is 10.0. The van der Waals surface area contributed by atoms with Crippen LogP contribution in [-0.2, 0) is 9.47 Å². The minimum absolute atomic E-state index is 0.109. The maximum Gasteiger partial charge on any atom is 0.367 e. The molecule has 12 heavy (non-hydrogen) atoms. The lowest BCUT2D eigenvalue weighted by Crippen LogP contribution is -2.16. The number of hydrogen-bond donors (Lipinski definition) is 0. The van der Waals surface area contributed by atoms with Crippen LogP contribution < -0.4 is 0 Å². The van der Waals surface area contributed by atoms with Crippen molar-refractivity contribution in [3.8, 4) is 0 Å². The van der Waals surface area contributed by atoms with Crippen molar-refractivity contribution in [1.82, 2.24) is 0 Å². The van der Waals surface area contributed by atoms with Gasteiger partial charge in [0.1, 0.15) is 0 Å². The second-order valence-electron chi connectivity index (χ2n) is 2.10. The molecule has 0 aromatic carbocycles. The fourth-order valence-corrected chi connectivity index (χ4v) is 0.683. The minimum atomic E-state index is -3.10. The highest BCUT2D eigenvalue weighted by Crippen LogP contribution is 2.12. The normalized spacial score (nSPS) is 11.3. The van der Waals surface area contributed by atoms with Crippen LogP contribution in [0.3, 0.4) is 0 Å². The SMILES string of the molecule is CC(F)(F)OCCCOC(=O)I. The molecule has 0 aliphatic carbocycles.